The maximum Gasteiger partial charge on any atom is 0.0619 e. The molecule has 0 unspecified atom stereocenters. The summed E-state index contributed by atoms with van der Waals surface area (Å²) in [5.74, 6) is 1.32. The van der Waals surface area contributed by atoms with Gasteiger partial charge in [0.05, 0.1) is 22.8 Å². The van der Waals surface area contributed by atoms with Crippen LogP contribution in [0.1, 0.15) is 105 Å². The second kappa shape index (κ2) is 6.20. The molecule has 164 valence electrons. The van der Waals surface area contributed by atoms with E-state index in [0.29, 0.717) is 34.7 Å². The van der Waals surface area contributed by atoms with Crippen LogP contribution in [0.5, 0.6) is 0 Å². The van der Waals surface area contributed by atoms with Crippen molar-refractivity contribution in [1.82, 2.24) is 0 Å². The average Bonchev–Trinajstić information content (AvgIpc) is 2.59. The van der Waals surface area contributed by atoms with Crippen LogP contribution in [-0.4, -0.2) is 12.1 Å². The lowest BCUT2D eigenvalue weighted by atomic mass is 9.57. The molecule has 0 aromatic heterocycles. The van der Waals surface area contributed by atoms with Crippen molar-refractivity contribution in [3.8, 4) is 0 Å². The van der Waals surface area contributed by atoms with Crippen molar-refractivity contribution in [3.05, 3.63) is 34.0 Å². The SMILES string of the molecule is CC1(C)CC[C@@H]2[C@@H](C1)N=c1cc3c(cc1C2(C)C)=N[C@@H]1CC(C)(C)CC[C@H]1C3(C)C. The average molecular weight is 407 g/mol. The minimum atomic E-state index is 0.176. The van der Waals surface area contributed by atoms with Gasteiger partial charge in [0.2, 0.25) is 0 Å². The summed E-state index contributed by atoms with van der Waals surface area (Å²) in [6, 6.07) is 5.87. The van der Waals surface area contributed by atoms with Crippen molar-refractivity contribution in [3.63, 3.8) is 0 Å². The van der Waals surface area contributed by atoms with Gasteiger partial charge < -0.3 is 0 Å². The van der Waals surface area contributed by atoms with Crippen molar-refractivity contribution in [1.29, 1.82) is 0 Å². The van der Waals surface area contributed by atoms with Crippen LogP contribution >= 0.6 is 0 Å². The molecular formula is C28H42N2. The molecule has 1 aromatic carbocycles. The lowest BCUT2D eigenvalue weighted by Crippen LogP contribution is -2.52. The van der Waals surface area contributed by atoms with Crippen LogP contribution in [0, 0.1) is 22.7 Å². The molecule has 4 atom stereocenters. The minimum Gasteiger partial charge on any atom is -0.281 e. The van der Waals surface area contributed by atoms with Gasteiger partial charge in [0.1, 0.15) is 0 Å². The number of nitrogens with zero attached hydrogens (tertiary/aromatic N) is 2. The van der Waals surface area contributed by atoms with E-state index in [0.717, 1.165) is 0 Å². The van der Waals surface area contributed by atoms with E-state index in [2.05, 4.69) is 67.5 Å². The van der Waals surface area contributed by atoms with Gasteiger partial charge in [-0.1, -0.05) is 55.4 Å². The molecule has 5 rings (SSSR count). The molecule has 2 heteroatoms. The predicted molar refractivity (Wildman–Crippen MR) is 125 cm³/mol. The van der Waals surface area contributed by atoms with E-state index >= 15 is 0 Å². The van der Waals surface area contributed by atoms with Crippen LogP contribution in [0.4, 0.5) is 0 Å². The number of hydrogen-bond acceptors (Lipinski definition) is 2. The zero-order valence-electron chi connectivity index (χ0n) is 20.6. The largest absolute Gasteiger partial charge is 0.281 e. The summed E-state index contributed by atoms with van der Waals surface area (Å²) in [5, 5.41) is 2.55. The van der Waals surface area contributed by atoms with Crippen molar-refractivity contribution in [2.45, 2.75) is 117 Å². The molecular weight excluding hydrogens is 364 g/mol. The maximum atomic E-state index is 5.42. The van der Waals surface area contributed by atoms with Gasteiger partial charge in [-0.2, -0.15) is 0 Å². The fourth-order valence-corrected chi connectivity index (χ4v) is 7.63. The zero-order chi connectivity index (χ0) is 21.7. The Bertz CT molecular complexity index is 912. The van der Waals surface area contributed by atoms with E-state index in [9.17, 15) is 0 Å². The lowest BCUT2D eigenvalue weighted by molar-refractivity contribution is 0.103. The highest BCUT2D eigenvalue weighted by molar-refractivity contribution is 5.36. The number of fused-ring (bicyclic) bond motifs is 4. The van der Waals surface area contributed by atoms with E-state index in [1.807, 2.05) is 0 Å². The Morgan fingerprint density at radius 3 is 1.37 bits per heavy atom. The Balaban J connectivity index is 1.68. The molecule has 0 bridgehead atoms. The fourth-order valence-electron chi connectivity index (χ4n) is 7.63. The molecule has 0 spiro atoms. The Hall–Kier alpha value is -1.18. The topological polar surface area (TPSA) is 24.7 Å². The highest BCUT2D eigenvalue weighted by atomic mass is 14.9. The molecule has 4 aliphatic rings. The highest BCUT2D eigenvalue weighted by Crippen LogP contribution is 2.50. The number of benzene rings is 1. The molecule has 2 aliphatic heterocycles. The summed E-state index contributed by atoms with van der Waals surface area (Å²) in [4.78, 5) is 10.8. The van der Waals surface area contributed by atoms with Crippen molar-refractivity contribution in [2.24, 2.45) is 32.7 Å². The Morgan fingerprint density at radius 2 is 1.00 bits per heavy atom. The van der Waals surface area contributed by atoms with Gasteiger partial charge in [0, 0.05) is 0 Å². The summed E-state index contributed by atoms with van der Waals surface area (Å²) in [6.45, 7) is 19.6. The van der Waals surface area contributed by atoms with Gasteiger partial charge in [-0.3, -0.25) is 9.98 Å². The first-order valence-electron chi connectivity index (χ1n) is 12.4. The van der Waals surface area contributed by atoms with Crippen molar-refractivity contribution >= 4 is 0 Å². The second-order valence-electron chi connectivity index (χ2n) is 13.7. The third-order valence-electron chi connectivity index (χ3n) is 9.68. The zero-order valence-corrected chi connectivity index (χ0v) is 20.6. The lowest BCUT2D eigenvalue weighted by Gasteiger charge is -2.50. The molecule has 2 heterocycles. The normalized spacial score (nSPS) is 36.8. The first-order chi connectivity index (χ1) is 13.8. The van der Waals surface area contributed by atoms with Crippen LogP contribution < -0.4 is 10.7 Å². The van der Waals surface area contributed by atoms with Crippen LogP contribution in [0.25, 0.3) is 0 Å². The summed E-state index contributed by atoms with van der Waals surface area (Å²) >= 11 is 0. The van der Waals surface area contributed by atoms with E-state index in [1.165, 1.54) is 60.4 Å². The Labute approximate surface area is 183 Å². The predicted octanol–water partition coefficient (Wildman–Crippen LogP) is 5.90. The molecule has 0 saturated heterocycles. The van der Waals surface area contributed by atoms with E-state index in [1.54, 1.807) is 0 Å². The van der Waals surface area contributed by atoms with Crippen LogP contribution in [0.15, 0.2) is 22.1 Å². The summed E-state index contributed by atoms with van der Waals surface area (Å²) in [6.07, 6.45) is 7.70. The first kappa shape index (κ1) is 20.7. The molecule has 0 N–H and O–H groups in total. The molecule has 30 heavy (non-hydrogen) atoms. The number of rotatable bonds is 0. The van der Waals surface area contributed by atoms with Gasteiger partial charge in [-0.05, 0) is 95.3 Å². The molecule has 2 nitrogen and oxygen atoms in total. The standard InChI is InChI=1S/C28H42N2/c1-25(2)11-9-17-23(15-25)29-21-13-20-22(14-19(21)27(17,5)6)30-24-16-26(3,4)12-10-18(24)28(20,7)8/h13-14,17-18,23-24H,9-12,15-16H2,1-8H3/t17-,18-,23-,24-/m1/s1. The van der Waals surface area contributed by atoms with Gasteiger partial charge in [-0.25, -0.2) is 0 Å². The first-order valence-corrected chi connectivity index (χ1v) is 12.4. The molecule has 2 fully saturated rings. The maximum absolute atomic E-state index is 5.42. The third-order valence-corrected chi connectivity index (χ3v) is 9.68. The van der Waals surface area contributed by atoms with E-state index in [-0.39, 0.29) is 10.8 Å². The van der Waals surface area contributed by atoms with Gasteiger partial charge in [0.15, 0.2) is 0 Å². The molecule has 2 aliphatic carbocycles. The van der Waals surface area contributed by atoms with Crippen LogP contribution in [0.3, 0.4) is 0 Å². The van der Waals surface area contributed by atoms with Gasteiger partial charge >= 0.3 is 0 Å². The molecule has 0 amide bonds. The number of hydrogen-bond donors (Lipinski definition) is 0. The van der Waals surface area contributed by atoms with Gasteiger partial charge in [-0.15, -0.1) is 0 Å². The van der Waals surface area contributed by atoms with Crippen LogP contribution in [-0.2, 0) is 10.8 Å². The minimum absolute atomic E-state index is 0.176. The summed E-state index contributed by atoms with van der Waals surface area (Å²) < 4.78 is 0. The van der Waals surface area contributed by atoms with E-state index in [4.69, 9.17) is 9.98 Å². The Kier molecular flexibility index (Phi) is 4.28. The quantitative estimate of drug-likeness (QED) is 0.512. The monoisotopic (exact) mass is 406 g/mol. The van der Waals surface area contributed by atoms with Gasteiger partial charge in [0.25, 0.3) is 0 Å². The van der Waals surface area contributed by atoms with Crippen LogP contribution in [0.2, 0.25) is 0 Å². The fraction of sp³-hybridized carbons (Fsp3) is 0.786. The van der Waals surface area contributed by atoms with E-state index < -0.39 is 0 Å². The highest BCUT2D eigenvalue weighted by Gasteiger charge is 2.48. The summed E-state index contributed by atoms with van der Waals surface area (Å²) in [7, 11) is 0. The summed E-state index contributed by atoms with van der Waals surface area (Å²) in [5.41, 5.74) is 4.10. The third kappa shape index (κ3) is 3.03. The molecule has 1 aromatic rings. The Morgan fingerprint density at radius 1 is 0.633 bits per heavy atom. The second-order valence-corrected chi connectivity index (χ2v) is 13.7. The van der Waals surface area contributed by atoms with Crippen molar-refractivity contribution < 1.29 is 0 Å². The smallest absolute Gasteiger partial charge is 0.0619 e. The molecule has 2 saturated carbocycles. The molecule has 0 radical (unpaired) electrons. The van der Waals surface area contributed by atoms with Crippen molar-refractivity contribution in [2.75, 3.05) is 0 Å².